The Kier molecular flexibility index (Phi) is 6.59. The lowest BCUT2D eigenvalue weighted by Crippen LogP contribution is -1.95. The number of ether oxygens (including phenoxy) is 1. The van der Waals surface area contributed by atoms with E-state index in [0.717, 1.165) is 17.5 Å². The normalized spacial score (nSPS) is 11.9. The zero-order valence-corrected chi connectivity index (χ0v) is 16.3. The zero-order chi connectivity index (χ0) is 19.8. The predicted octanol–water partition coefficient (Wildman–Crippen LogP) is 6.24. The molecule has 0 saturated heterocycles. The Balaban J connectivity index is 2.09. The number of carbonyl (C=O) groups is 1. The number of hydrogen-bond donors (Lipinski definition) is 0. The quantitative estimate of drug-likeness (QED) is 0.292. The molecule has 0 bridgehead atoms. The molecule has 0 atom stereocenters. The van der Waals surface area contributed by atoms with Gasteiger partial charge in [0.1, 0.15) is 0 Å². The van der Waals surface area contributed by atoms with Gasteiger partial charge >= 0.3 is 5.97 Å². The van der Waals surface area contributed by atoms with Crippen molar-refractivity contribution in [2.75, 3.05) is 7.11 Å². The van der Waals surface area contributed by atoms with E-state index in [4.69, 9.17) is 0 Å². The van der Waals surface area contributed by atoms with E-state index in [1.165, 1.54) is 35.5 Å². The lowest BCUT2D eigenvalue weighted by molar-refractivity contribution is -0.134. The Morgan fingerprint density at radius 1 is 0.786 bits per heavy atom. The monoisotopic (exact) mass is 368 g/mol. The van der Waals surface area contributed by atoms with Gasteiger partial charge in [-0.05, 0) is 45.9 Å². The molecule has 0 N–H and O–H groups in total. The van der Waals surface area contributed by atoms with Gasteiger partial charge in [-0.2, -0.15) is 0 Å². The van der Waals surface area contributed by atoms with Crippen LogP contribution in [-0.4, -0.2) is 13.1 Å². The highest BCUT2D eigenvalue weighted by Gasteiger charge is 2.12. The first-order valence-corrected chi connectivity index (χ1v) is 9.43. The molecule has 140 valence electrons. The highest BCUT2D eigenvalue weighted by molar-refractivity contribution is 5.98. The number of methoxy groups -OCH3 is 1. The number of benzene rings is 3. The highest BCUT2D eigenvalue weighted by Crippen LogP contribution is 2.34. The van der Waals surface area contributed by atoms with E-state index in [2.05, 4.69) is 72.3 Å². The Morgan fingerprint density at radius 3 is 1.86 bits per heavy atom. The summed E-state index contributed by atoms with van der Waals surface area (Å²) in [6, 6.07) is 29.3. The molecule has 0 saturated carbocycles. The number of esters is 1. The van der Waals surface area contributed by atoms with Gasteiger partial charge in [-0.3, -0.25) is 0 Å². The van der Waals surface area contributed by atoms with Crippen molar-refractivity contribution in [2.24, 2.45) is 0 Å². The molecular formula is C26H24O2. The summed E-state index contributed by atoms with van der Waals surface area (Å²) in [5.41, 5.74) is 7.09. The van der Waals surface area contributed by atoms with Crippen LogP contribution in [0.4, 0.5) is 0 Å². The lowest BCUT2D eigenvalue weighted by atomic mass is 9.88. The maximum Gasteiger partial charge on any atom is 0.330 e. The van der Waals surface area contributed by atoms with Gasteiger partial charge in [0.25, 0.3) is 0 Å². The molecule has 0 amide bonds. The molecule has 28 heavy (non-hydrogen) atoms. The summed E-state index contributed by atoms with van der Waals surface area (Å²) in [7, 11) is 1.38. The van der Waals surface area contributed by atoms with Crippen molar-refractivity contribution in [2.45, 2.75) is 13.3 Å². The third-order valence-corrected chi connectivity index (χ3v) is 4.65. The van der Waals surface area contributed by atoms with Crippen molar-refractivity contribution in [1.82, 2.24) is 0 Å². The number of rotatable bonds is 6. The first-order chi connectivity index (χ1) is 13.7. The van der Waals surface area contributed by atoms with Crippen molar-refractivity contribution in [1.29, 1.82) is 0 Å². The van der Waals surface area contributed by atoms with Crippen molar-refractivity contribution in [3.63, 3.8) is 0 Å². The second-order valence-electron chi connectivity index (χ2n) is 6.42. The number of carbonyl (C=O) groups excluding carboxylic acids is 1. The molecular weight excluding hydrogens is 344 g/mol. The number of hydrogen-bond acceptors (Lipinski definition) is 2. The van der Waals surface area contributed by atoms with E-state index >= 15 is 0 Å². The summed E-state index contributed by atoms with van der Waals surface area (Å²) in [5.74, 6) is -0.355. The summed E-state index contributed by atoms with van der Waals surface area (Å²) in [5, 5.41) is 0. The average Bonchev–Trinajstić information content (AvgIpc) is 2.77. The van der Waals surface area contributed by atoms with Crippen LogP contribution in [0.3, 0.4) is 0 Å². The topological polar surface area (TPSA) is 26.3 Å². The number of allylic oxidation sites excluding steroid dienone is 1. The summed E-state index contributed by atoms with van der Waals surface area (Å²) < 4.78 is 4.65. The molecule has 0 heterocycles. The predicted molar refractivity (Wildman–Crippen MR) is 117 cm³/mol. The molecule has 3 aromatic rings. The Labute approximate surface area is 166 Å². The van der Waals surface area contributed by atoms with Crippen molar-refractivity contribution < 1.29 is 9.53 Å². The maximum absolute atomic E-state index is 11.3. The second-order valence-corrected chi connectivity index (χ2v) is 6.42. The Morgan fingerprint density at radius 2 is 1.32 bits per heavy atom. The van der Waals surface area contributed by atoms with Crippen LogP contribution in [0.5, 0.6) is 0 Å². The van der Waals surface area contributed by atoms with E-state index in [9.17, 15) is 4.79 Å². The molecule has 0 aliphatic rings. The molecule has 3 aromatic carbocycles. The molecule has 3 rings (SSSR count). The van der Waals surface area contributed by atoms with Crippen LogP contribution in [0, 0.1) is 0 Å². The third-order valence-electron chi connectivity index (χ3n) is 4.65. The fourth-order valence-corrected chi connectivity index (χ4v) is 3.28. The third kappa shape index (κ3) is 4.66. The fourth-order valence-electron chi connectivity index (χ4n) is 3.28. The van der Waals surface area contributed by atoms with Crippen LogP contribution in [0.15, 0.2) is 91.0 Å². The summed E-state index contributed by atoms with van der Waals surface area (Å²) >= 11 is 0. The van der Waals surface area contributed by atoms with Crippen molar-refractivity contribution in [3.05, 3.63) is 113 Å². The van der Waals surface area contributed by atoms with E-state index < -0.39 is 0 Å². The van der Waals surface area contributed by atoms with Gasteiger partial charge in [0.15, 0.2) is 0 Å². The van der Waals surface area contributed by atoms with Gasteiger partial charge in [-0.15, -0.1) is 0 Å². The molecule has 2 heteroatoms. The van der Waals surface area contributed by atoms with E-state index in [1.54, 1.807) is 6.08 Å². The summed E-state index contributed by atoms with van der Waals surface area (Å²) in [4.78, 5) is 11.3. The second kappa shape index (κ2) is 9.52. The Hall–Kier alpha value is -3.39. The molecule has 0 fully saturated rings. The molecule has 0 unspecified atom stereocenters. The van der Waals surface area contributed by atoms with Crippen molar-refractivity contribution >= 4 is 23.2 Å². The van der Waals surface area contributed by atoms with Gasteiger partial charge in [-0.1, -0.05) is 91.9 Å². The van der Waals surface area contributed by atoms with Gasteiger partial charge in [-0.25, -0.2) is 4.79 Å². The van der Waals surface area contributed by atoms with E-state index in [1.807, 2.05) is 24.3 Å². The molecule has 0 aromatic heterocycles. The van der Waals surface area contributed by atoms with Crippen LogP contribution in [0.2, 0.25) is 0 Å². The minimum Gasteiger partial charge on any atom is -0.466 e. The highest BCUT2D eigenvalue weighted by atomic mass is 16.5. The molecule has 0 spiro atoms. The largest absolute Gasteiger partial charge is 0.466 e. The Bertz CT molecular complexity index is 966. The van der Waals surface area contributed by atoms with Crippen LogP contribution < -0.4 is 0 Å². The van der Waals surface area contributed by atoms with Gasteiger partial charge in [0.05, 0.1) is 7.11 Å². The summed E-state index contributed by atoms with van der Waals surface area (Å²) in [6.07, 6.45) is 4.13. The van der Waals surface area contributed by atoms with E-state index in [-0.39, 0.29) is 5.97 Å². The average molecular weight is 368 g/mol. The van der Waals surface area contributed by atoms with Crippen LogP contribution >= 0.6 is 0 Å². The minimum atomic E-state index is -0.355. The SMILES string of the molecule is CC/C(=C(\c1ccccc1)c1ccc(/C=C/C(=O)OC)cc1)c1ccccc1. The molecule has 2 nitrogen and oxygen atoms in total. The molecule has 0 aliphatic heterocycles. The summed E-state index contributed by atoms with van der Waals surface area (Å²) in [6.45, 7) is 2.19. The first-order valence-electron chi connectivity index (χ1n) is 9.43. The van der Waals surface area contributed by atoms with Gasteiger partial charge in [0.2, 0.25) is 0 Å². The van der Waals surface area contributed by atoms with Gasteiger partial charge < -0.3 is 4.74 Å². The lowest BCUT2D eigenvalue weighted by Gasteiger charge is -2.16. The molecule has 0 aliphatic carbocycles. The van der Waals surface area contributed by atoms with Crippen LogP contribution in [0.1, 0.15) is 35.6 Å². The molecule has 0 radical (unpaired) electrons. The van der Waals surface area contributed by atoms with Crippen LogP contribution in [0.25, 0.3) is 17.2 Å². The van der Waals surface area contributed by atoms with Crippen LogP contribution in [-0.2, 0) is 9.53 Å². The van der Waals surface area contributed by atoms with Crippen molar-refractivity contribution in [3.8, 4) is 0 Å². The standard InChI is InChI=1S/C26H24O2/c1-3-24(21-10-6-4-7-11-21)26(22-12-8-5-9-13-22)23-17-14-20(15-18-23)16-19-25(27)28-2/h4-19H,3H2,1-2H3/b19-16+,26-24-. The minimum absolute atomic E-state index is 0.355. The van der Waals surface area contributed by atoms with E-state index in [0.29, 0.717) is 0 Å². The zero-order valence-electron chi connectivity index (χ0n) is 16.3. The van der Waals surface area contributed by atoms with Gasteiger partial charge in [0, 0.05) is 6.08 Å². The fraction of sp³-hybridized carbons (Fsp3) is 0.115. The smallest absolute Gasteiger partial charge is 0.330 e. The maximum atomic E-state index is 11.3. The first kappa shape index (κ1) is 19.4.